The molecule has 0 fully saturated rings. The number of para-hydroxylation sites is 1. The van der Waals surface area contributed by atoms with Crippen molar-refractivity contribution in [3.8, 4) is 11.3 Å². The van der Waals surface area contributed by atoms with Gasteiger partial charge in [0.1, 0.15) is 5.82 Å². The lowest BCUT2D eigenvalue weighted by Gasteiger charge is -2.06. The lowest BCUT2D eigenvalue weighted by molar-refractivity contribution is 0.999. The molecule has 2 heterocycles. The van der Waals surface area contributed by atoms with Gasteiger partial charge in [-0.1, -0.05) is 18.2 Å². The fraction of sp³-hybridized carbons (Fsp3) is 0.133. The van der Waals surface area contributed by atoms with Crippen LogP contribution in [-0.4, -0.2) is 15.0 Å². The molecule has 19 heavy (non-hydrogen) atoms. The van der Waals surface area contributed by atoms with E-state index in [0.717, 1.165) is 16.5 Å². The molecule has 2 aromatic heterocycles. The SMILES string of the molecule is Cc1nc(-c2cnc3ccccc3c2)c(C)c(=O)[nH]1. The molecule has 1 N–H and O–H groups in total. The van der Waals surface area contributed by atoms with E-state index in [2.05, 4.69) is 15.0 Å². The highest BCUT2D eigenvalue weighted by Gasteiger charge is 2.09. The summed E-state index contributed by atoms with van der Waals surface area (Å²) < 4.78 is 0. The Balaban J connectivity index is 2.27. The molecule has 0 saturated carbocycles. The molecule has 0 amide bonds. The van der Waals surface area contributed by atoms with Gasteiger partial charge in [0.25, 0.3) is 5.56 Å². The van der Waals surface area contributed by atoms with Gasteiger partial charge >= 0.3 is 0 Å². The van der Waals surface area contributed by atoms with Crippen LogP contribution in [0.4, 0.5) is 0 Å². The number of aromatic nitrogens is 3. The second-order valence-electron chi connectivity index (χ2n) is 4.54. The standard InChI is InChI=1S/C15H13N3O/c1-9-14(17-10(2)18-15(9)19)12-7-11-5-3-4-6-13(11)16-8-12/h3-8H,1-2H3,(H,17,18,19). The van der Waals surface area contributed by atoms with Gasteiger partial charge in [-0.2, -0.15) is 0 Å². The molecular formula is C15H13N3O. The van der Waals surface area contributed by atoms with Crippen LogP contribution in [0.1, 0.15) is 11.4 Å². The monoisotopic (exact) mass is 251 g/mol. The van der Waals surface area contributed by atoms with Gasteiger partial charge in [0.15, 0.2) is 0 Å². The Bertz CT molecular complexity index is 821. The first-order chi connectivity index (χ1) is 9.15. The lowest BCUT2D eigenvalue weighted by Crippen LogP contribution is -2.14. The predicted octanol–water partition coefficient (Wildman–Crippen LogP) is 2.60. The molecule has 4 nitrogen and oxygen atoms in total. The number of aryl methyl sites for hydroxylation is 1. The molecule has 0 unspecified atom stereocenters. The quantitative estimate of drug-likeness (QED) is 0.723. The second-order valence-corrected chi connectivity index (χ2v) is 4.54. The summed E-state index contributed by atoms with van der Waals surface area (Å²) in [6.45, 7) is 3.55. The molecule has 0 atom stereocenters. The molecule has 0 saturated heterocycles. The topological polar surface area (TPSA) is 58.6 Å². The average Bonchev–Trinajstić information content (AvgIpc) is 2.42. The Hall–Kier alpha value is -2.49. The summed E-state index contributed by atoms with van der Waals surface area (Å²) in [6.07, 6.45) is 1.76. The first-order valence-corrected chi connectivity index (χ1v) is 6.08. The predicted molar refractivity (Wildman–Crippen MR) is 75.1 cm³/mol. The van der Waals surface area contributed by atoms with Crippen molar-refractivity contribution in [2.24, 2.45) is 0 Å². The molecule has 1 aromatic carbocycles. The molecule has 0 aliphatic heterocycles. The largest absolute Gasteiger partial charge is 0.311 e. The van der Waals surface area contributed by atoms with Crippen LogP contribution in [0, 0.1) is 13.8 Å². The molecule has 4 heteroatoms. The number of hydrogen-bond acceptors (Lipinski definition) is 3. The molecule has 94 valence electrons. The first kappa shape index (κ1) is 11.6. The first-order valence-electron chi connectivity index (χ1n) is 6.08. The maximum Gasteiger partial charge on any atom is 0.254 e. The summed E-state index contributed by atoms with van der Waals surface area (Å²) in [6, 6.07) is 9.90. The van der Waals surface area contributed by atoms with Crippen LogP contribution in [0.5, 0.6) is 0 Å². The second kappa shape index (κ2) is 4.31. The summed E-state index contributed by atoms with van der Waals surface area (Å²) in [5.41, 5.74) is 3.01. The molecule has 0 spiro atoms. The van der Waals surface area contributed by atoms with E-state index < -0.39 is 0 Å². The Morgan fingerprint density at radius 2 is 1.95 bits per heavy atom. The van der Waals surface area contributed by atoms with Crippen LogP contribution in [0.25, 0.3) is 22.2 Å². The maximum atomic E-state index is 11.8. The van der Waals surface area contributed by atoms with Gasteiger partial charge in [-0.05, 0) is 26.0 Å². The van der Waals surface area contributed by atoms with Crippen molar-refractivity contribution in [1.82, 2.24) is 15.0 Å². The van der Waals surface area contributed by atoms with Crippen molar-refractivity contribution in [3.05, 3.63) is 58.3 Å². The third-order valence-corrected chi connectivity index (χ3v) is 3.13. The van der Waals surface area contributed by atoms with E-state index in [1.165, 1.54) is 0 Å². The van der Waals surface area contributed by atoms with E-state index in [4.69, 9.17) is 0 Å². The number of rotatable bonds is 1. The normalized spacial score (nSPS) is 10.8. The zero-order valence-electron chi connectivity index (χ0n) is 10.8. The molecule has 3 aromatic rings. The highest BCUT2D eigenvalue weighted by molar-refractivity contribution is 5.83. The molecule has 0 aliphatic carbocycles. The molecule has 0 aliphatic rings. The number of nitrogens with one attached hydrogen (secondary N) is 1. The Morgan fingerprint density at radius 1 is 1.16 bits per heavy atom. The minimum absolute atomic E-state index is 0.101. The number of nitrogens with zero attached hydrogens (tertiary/aromatic N) is 2. The highest BCUT2D eigenvalue weighted by atomic mass is 16.1. The van der Waals surface area contributed by atoms with E-state index >= 15 is 0 Å². The van der Waals surface area contributed by atoms with E-state index in [-0.39, 0.29) is 5.56 Å². The van der Waals surface area contributed by atoms with Crippen LogP contribution in [0.15, 0.2) is 41.3 Å². The fourth-order valence-electron chi connectivity index (χ4n) is 2.13. The summed E-state index contributed by atoms with van der Waals surface area (Å²) in [4.78, 5) is 23.3. The van der Waals surface area contributed by atoms with Crippen molar-refractivity contribution < 1.29 is 0 Å². The summed E-state index contributed by atoms with van der Waals surface area (Å²) in [5.74, 6) is 0.610. The van der Waals surface area contributed by atoms with Gasteiger partial charge in [0, 0.05) is 22.7 Å². The lowest BCUT2D eigenvalue weighted by atomic mass is 10.1. The van der Waals surface area contributed by atoms with Crippen LogP contribution < -0.4 is 5.56 Å². The summed E-state index contributed by atoms with van der Waals surface area (Å²) in [5, 5.41) is 1.04. The summed E-state index contributed by atoms with van der Waals surface area (Å²) in [7, 11) is 0. The fourth-order valence-corrected chi connectivity index (χ4v) is 2.13. The van der Waals surface area contributed by atoms with E-state index in [1.807, 2.05) is 30.3 Å². The van der Waals surface area contributed by atoms with Crippen molar-refractivity contribution in [3.63, 3.8) is 0 Å². The smallest absolute Gasteiger partial charge is 0.254 e. The molecule has 0 bridgehead atoms. The average molecular weight is 251 g/mol. The van der Waals surface area contributed by atoms with Gasteiger partial charge in [-0.25, -0.2) is 4.98 Å². The van der Waals surface area contributed by atoms with Crippen LogP contribution in [0.2, 0.25) is 0 Å². The number of benzene rings is 1. The van der Waals surface area contributed by atoms with Crippen molar-refractivity contribution >= 4 is 10.9 Å². The van der Waals surface area contributed by atoms with E-state index in [0.29, 0.717) is 17.1 Å². The number of hydrogen-bond donors (Lipinski definition) is 1. The Kier molecular flexibility index (Phi) is 2.63. The van der Waals surface area contributed by atoms with Crippen molar-refractivity contribution in [2.75, 3.05) is 0 Å². The van der Waals surface area contributed by atoms with E-state index in [9.17, 15) is 4.79 Å². The minimum atomic E-state index is -0.101. The number of fused-ring (bicyclic) bond motifs is 1. The minimum Gasteiger partial charge on any atom is -0.311 e. The zero-order chi connectivity index (χ0) is 13.4. The Labute approximate surface area is 110 Å². The number of pyridine rings is 1. The molecular weight excluding hydrogens is 238 g/mol. The van der Waals surface area contributed by atoms with E-state index in [1.54, 1.807) is 20.0 Å². The summed E-state index contributed by atoms with van der Waals surface area (Å²) >= 11 is 0. The van der Waals surface area contributed by atoms with Crippen LogP contribution in [0.3, 0.4) is 0 Å². The van der Waals surface area contributed by atoms with Crippen LogP contribution in [-0.2, 0) is 0 Å². The third-order valence-electron chi connectivity index (χ3n) is 3.13. The highest BCUT2D eigenvalue weighted by Crippen LogP contribution is 2.22. The van der Waals surface area contributed by atoms with Gasteiger partial charge in [-0.3, -0.25) is 9.78 Å². The van der Waals surface area contributed by atoms with Gasteiger partial charge in [0.05, 0.1) is 11.2 Å². The van der Waals surface area contributed by atoms with Crippen LogP contribution >= 0.6 is 0 Å². The van der Waals surface area contributed by atoms with Crippen molar-refractivity contribution in [1.29, 1.82) is 0 Å². The maximum absolute atomic E-state index is 11.8. The zero-order valence-corrected chi connectivity index (χ0v) is 10.8. The number of aromatic amines is 1. The molecule has 3 rings (SSSR count). The molecule has 0 radical (unpaired) electrons. The van der Waals surface area contributed by atoms with Crippen molar-refractivity contribution in [2.45, 2.75) is 13.8 Å². The Morgan fingerprint density at radius 3 is 2.79 bits per heavy atom. The number of H-pyrrole nitrogens is 1. The third kappa shape index (κ3) is 2.01. The van der Waals surface area contributed by atoms with Gasteiger partial charge < -0.3 is 4.98 Å². The van der Waals surface area contributed by atoms with Gasteiger partial charge in [0.2, 0.25) is 0 Å². The van der Waals surface area contributed by atoms with Gasteiger partial charge in [-0.15, -0.1) is 0 Å².